The minimum Gasteiger partial charge on any atom is -0.454 e. The van der Waals surface area contributed by atoms with Crippen molar-refractivity contribution in [1.82, 2.24) is 10.2 Å². The van der Waals surface area contributed by atoms with E-state index in [0.717, 1.165) is 11.1 Å². The summed E-state index contributed by atoms with van der Waals surface area (Å²) in [5.41, 5.74) is 1.53. The molecule has 0 aliphatic carbocycles. The third-order valence-electron chi connectivity index (χ3n) is 5.47. The number of carbonyl (C=O) groups excluding carboxylic acids is 3. The summed E-state index contributed by atoms with van der Waals surface area (Å²) in [6.07, 6.45) is 0.830. The number of carbonyl (C=O) groups is 3. The predicted octanol–water partition coefficient (Wildman–Crippen LogP) is 3.23. The van der Waals surface area contributed by atoms with E-state index in [1.165, 1.54) is 28.8 Å². The molecule has 2 heterocycles. The molecule has 0 saturated carbocycles. The van der Waals surface area contributed by atoms with Crippen molar-refractivity contribution in [2.24, 2.45) is 0 Å². The van der Waals surface area contributed by atoms with Crippen molar-refractivity contribution >= 4 is 41.1 Å². The zero-order chi connectivity index (χ0) is 22.0. The van der Waals surface area contributed by atoms with Crippen LogP contribution in [0, 0.1) is 5.82 Å². The highest BCUT2D eigenvalue weighted by Crippen LogP contribution is 2.54. The number of amides is 2. The molecule has 2 aliphatic rings. The van der Waals surface area contributed by atoms with Crippen molar-refractivity contribution in [2.45, 2.75) is 30.3 Å². The summed E-state index contributed by atoms with van der Waals surface area (Å²) in [6.45, 7) is -0.232. The van der Waals surface area contributed by atoms with Crippen LogP contribution in [0.3, 0.4) is 0 Å². The van der Waals surface area contributed by atoms with Gasteiger partial charge < -0.3 is 15.0 Å². The largest absolute Gasteiger partial charge is 0.454 e. The summed E-state index contributed by atoms with van der Waals surface area (Å²) in [7, 11) is 0. The van der Waals surface area contributed by atoms with Gasteiger partial charge in [0.15, 0.2) is 6.61 Å². The fourth-order valence-electron chi connectivity index (χ4n) is 3.95. The number of esters is 1. The molecule has 2 aromatic carbocycles. The van der Waals surface area contributed by atoms with Gasteiger partial charge in [-0.1, -0.05) is 41.9 Å². The highest BCUT2D eigenvalue weighted by atomic mass is 35.5. The van der Waals surface area contributed by atoms with E-state index in [1.54, 1.807) is 30.3 Å². The third kappa shape index (κ3) is 4.27. The lowest BCUT2D eigenvalue weighted by Crippen LogP contribution is -2.47. The average molecular weight is 463 g/mol. The predicted molar refractivity (Wildman–Crippen MR) is 115 cm³/mol. The van der Waals surface area contributed by atoms with E-state index in [-0.39, 0.29) is 18.3 Å². The molecule has 4 rings (SSSR count). The molecule has 2 fully saturated rings. The minimum atomic E-state index is -0.790. The van der Waals surface area contributed by atoms with Crippen molar-refractivity contribution < 1.29 is 23.5 Å². The SMILES string of the molecule is O=C(COC(=O)[C@H]1CS[C@]2(c3ccc(F)cc3)CCC(=O)N12)NCc1ccccc1Cl. The monoisotopic (exact) mass is 462 g/mol. The van der Waals surface area contributed by atoms with Crippen LogP contribution in [-0.4, -0.2) is 41.1 Å². The van der Waals surface area contributed by atoms with Crippen LogP contribution in [0.2, 0.25) is 5.02 Å². The van der Waals surface area contributed by atoms with Crippen LogP contribution >= 0.6 is 23.4 Å². The van der Waals surface area contributed by atoms with Crippen LogP contribution in [0.15, 0.2) is 48.5 Å². The summed E-state index contributed by atoms with van der Waals surface area (Å²) in [6, 6.07) is 12.3. The lowest BCUT2D eigenvalue weighted by atomic mass is 10.0. The molecular formula is C22H20ClFN2O4S. The summed E-state index contributed by atoms with van der Waals surface area (Å²) in [4.78, 5) is 38.2. The van der Waals surface area contributed by atoms with E-state index < -0.39 is 29.4 Å². The van der Waals surface area contributed by atoms with E-state index >= 15 is 0 Å². The van der Waals surface area contributed by atoms with Gasteiger partial charge in [-0.05, 0) is 35.7 Å². The lowest BCUT2D eigenvalue weighted by molar-refractivity contribution is -0.156. The van der Waals surface area contributed by atoms with E-state index in [4.69, 9.17) is 16.3 Å². The molecule has 6 nitrogen and oxygen atoms in total. The van der Waals surface area contributed by atoms with Gasteiger partial charge >= 0.3 is 5.97 Å². The second-order valence-corrected chi connectivity index (χ2v) is 9.06. The van der Waals surface area contributed by atoms with E-state index in [0.29, 0.717) is 23.6 Å². The molecule has 9 heteroatoms. The molecular weight excluding hydrogens is 443 g/mol. The first-order chi connectivity index (χ1) is 14.9. The van der Waals surface area contributed by atoms with Crippen LogP contribution < -0.4 is 5.32 Å². The van der Waals surface area contributed by atoms with E-state index in [9.17, 15) is 18.8 Å². The quantitative estimate of drug-likeness (QED) is 0.667. The molecule has 0 radical (unpaired) electrons. The molecule has 0 bridgehead atoms. The lowest BCUT2D eigenvalue weighted by Gasteiger charge is -2.33. The molecule has 31 heavy (non-hydrogen) atoms. The van der Waals surface area contributed by atoms with Crippen molar-refractivity contribution in [3.8, 4) is 0 Å². The fraction of sp³-hybridized carbons (Fsp3) is 0.318. The Bertz CT molecular complexity index is 1020. The van der Waals surface area contributed by atoms with Gasteiger partial charge in [0, 0.05) is 23.7 Å². The standard InChI is InChI=1S/C22H20ClFN2O4S/c23-17-4-2-1-3-14(17)11-25-19(27)12-30-21(29)18-13-31-22(10-9-20(28)26(18)22)15-5-7-16(24)8-6-15/h1-8,18H,9-13H2,(H,25,27)/t18-,22+/m1/s1. The minimum absolute atomic E-state index is 0.153. The number of nitrogens with one attached hydrogen (secondary N) is 1. The molecule has 2 aliphatic heterocycles. The summed E-state index contributed by atoms with van der Waals surface area (Å²) >= 11 is 7.53. The van der Waals surface area contributed by atoms with Crippen molar-refractivity contribution in [2.75, 3.05) is 12.4 Å². The summed E-state index contributed by atoms with van der Waals surface area (Å²) < 4.78 is 18.6. The van der Waals surface area contributed by atoms with Crippen LogP contribution in [-0.2, 0) is 30.5 Å². The highest BCUT2D eigenvalue weighted by Gasteiger charge is 2.57. The van der Waals surface area contributed by atoms with Gasteiger partial charge in [-0.2, -0.15) is 0 Å². The Labute approximate surface area is 188 Å². The molecule has 2 atom stereocenters. The zero-order valence-corrected chi connectivity index (χ0v) is 18.0. The number of hydrogen-bond donors (Lipinski definition) is 1. The smallest absolute Gasteiger partial charge is 0.330 e. The van der Waals surface area contributed by atoms with Crippen LogP contribution in [0.5, 0.6) is 0 Å². The molecule has 162 valence electrons. The molecule has 2 aromatic rings. The maximum absolute atomic E-state index is 13.4. The Kier molecular flexibility index (Phi) is 6.20. The molecule has 2 amide bonds. The topological polar surface area (TPSA) is 75.7 Å². The first-order valence-electron chi connectivity index (χ1n) is 9.79. The zero-order valence-electron chi connectivity index (χ0n) is 16.5. The van der Waals surface area contributed by atoms with Gasteiger partial charge in [0.1, 0.15) is 16.7 Å². The number of benzene rings is 2. The number of ether oxygens (including phenoxy) is 1. The van der Waals surface area contributed by atoms with Gasteiger partial charge in [0.2, 0.25) is 5.91 Å². The van der Waals surface area contributed by atoms with Gasteiger partial charge in [0.05, 0.1) is 0 Å². The van der Waals surface area contributed by atoms with Crippen LogP contribution in [0.25, 0.3) is 0 Å². The molecule has 1 N–H and O–H groups in total. The van der Waals surface area contributed by atoms with Gasteiger partial charge in [0.25, 0.3) is 5.91 Å². The maximum atomic E-state index is 13.4. The van der Waals surface area contributed by atoms with Gasteiger partial charge in [-0.15, -0.1) is 11.8 Å². The first kappa shape index (κ1) is 21.6. The molecule has 0 unspecified atom stereocenters. The van der Waals surface area contributed by atoms with E-state index in [2.05, 4.69) is 5.32 Å². The number of thioether (sulfide) groups is 1. The Hall–Kier alpha value is -2.58. The molecule has 0 spiro atoms. The number of halogens is 2. The van der Waals surface area contributed by atoms with Crippen molar-refractivity contribution in [3.63, 3.8) is 0 Å². The maximum Gasteiger partial charge on any atom is 0.330 e. The van der Waals surface area contributed by atoms with Crippen molar-refractivity contribution in [3.05, 3.63) is 70.5 Å². The van der Waals surface area contributed by atoms with Crippen molar-refractivity contribution in [1.29, 1.82) is 0 Å². The van der Waals surface area contributed by atoms with Gasteiger partial charge in [-0.25, -0.2) is 9.18 Å². The Balaban J connectivity index is 1.37. The van der Waals surface area contributed by atoms with E-state index in [1.807, 2.05) is 6.07 Å². The second kappa shape index (κ2) is 8.88. The Morgan fingerprint density at radius 2 is 1.97 bits per heavy atom. The van der Waals surface area contributed by atoms with Crippen LogP contribution in [0.4, 0.5) is 4.39 Å². The molecule has 2 saturated heterocycles. The van der Waals surface area contributed by atoms with Crippen LogP contribution in [0.1, 0.15) is 24.0 Å². The molecule has 0 aromatic heterocycles. The number of nitrogens with zero attached hydrogens (tertiary/aromatic N) is 1. The summed E-state index contributed by atoms with van der Waals surface area (Å²) in [5.74, 6) is -1.25. The Morgan fingerprint density at radius 3 is 2.71 bits per heavy atom. The highest BCUT2D eigenvalue weighted by molar-refractivity contribution is 8.00. The number of fused-ring (bicyclic) bond motifs is 1. The third-order valence-corrected chi connectivity index (χ3v) is 7.44. The average Bonchev–Trinajstić information content (AvgIpc) is 3.31. The normalized spacial score (nSPS) is 22.3. The summed E-state index contributed by atoms with van der Waals surface area (Å²) in [5, 5.41) is 3.19. The Morgan fingerprint density at radius 1 is 1.23 bits per heavy atom. The fourth-order valence-corrected chi connectivity index (χ4v) is 5.79. The first-order valence-corrected chi connectivity index (χ1v) is 11.2. The number of hydrogen-bond acceptors (Lipinski definition) is 5. The second-order valence-electron chi connectivity index (χ2n) is 7.36. The van der Waals surface area contributed by atoms with Gasteiger partial charge in [-0.3, -0.25) is 9.59 Å². The number of rotatable bonds is 6.